The van der Waals surface area contributed by atoms with E-state index in [0.717, 1.165) is 27.7 Å². The van der Waals surface area contributed by atoms with Crippen molar-refractivity contribution < 1.29 is 19.4 Å². The Morgan fingerprint density at radius 3 is 2.52 bits per heavy atom. The predicted molar refractivity (Wildman–Crippen MR) is 160 cm³/mol. The lowest BCUT2D eigenvalue weighted by Crippen LogP contribution is -2.52. The van der Waals surface area contributed by atoms with Crippen molar-refractivity contribution in [2.24, 2.45) is 10.9 Å². The second kappa shape index (κ2) is 13.3. The Morgan fingerprint density at radius 2 is 1.82 bits per heavy atom. The van der Waals surface area contributed by atoms with Crippen molar-refractivity contribution in [3.63, 3.8) is 0 Å². The van der Waals surface area contributed by atoms with Gasteiger partial charge in [0.25, 0.3) is 5.91 Å². The Kier molecular flexibility index (Phi) is 9.31. The van der Waals surface area contributed by atoms with Crippen LogP contribution in [0, 0.1) is 5.92 Å². The third kappa shape index (κ3) is 6.99. The van der Waals surface area contributed by atoms with Gasteiger partial charge in [0.15, 0.2) is 11.6 Å². The minimum Gasteiger partial charge on any atom is -0.494 e. The zero-order valence-electron chi connectivity index (χ0n) is 22.3. The number of halogens is 1. The second-order valence-electron chi connectivity index (χ2n) is 10.1. The van der Waals surface area contributed by atoms with Crippen molar-refractivity contribution in [1.82, 2.24) is 10.9 Å². The zero-order chi connectivity index (χ0) is 27.8. The van der Waals surface area contributed by atoms with Gasteiger partial charge in [0, 0.05) is 36.0 Å². The topological polar surface area (TPSA) is 92.2 Å². The first-order valence-electron chi connectivity index (χ1n) is 13.7. The van der Waals surface area contributed by atoms with E-state index in [0.29, 0.717) is 37.0 Å². The Labute approximate surface area is 243 Å². The maximum Gasteiger partial charge on any atom is 0.266 e. The summed E-state index contributed by atoms with van der Waals surface area (Å²) in [5.41, 5.74) is 7.50. The van der Waals surface area contributed by atoms with Gasteiger partial charge in [-0.25, -0.2) is 10.4 Å². The van der Waals surface area contributed by atoms with Gasteiger partial charge in [0.2, 0.25) is 5.90 Å². The summed E-state index contributed by atoms with van der Waals surface area (Å²) in [4.78, 5) is 19.0. The van der Waals surface area contributed by atoms with Gasteiger partial charge in [-0.05, 0) is 66.3 Å². The number of amides is 1. The lowest BCUT2D eigenvalue weighted by Gasteiger charge is -2.30. The monoisotopic (exact) mass is 603 g/mol. The van der Waals surface area contributed by atoms with Crippen LogP contribution in [0.4, 0.5) is 0 Å². The predicted octanol–water partition coefficient (Wildman–Crippen LogP) is 5.60. The van der Waals surface area contributed by atoms with E-state index < -0.39 is 11.6 Å². The highest BCUT2D eigenvalue weighted by atomic mass is 79.9. The van der Waals surface area contributed by atoms with Crippen LogP contribution in [0.3, 0.4) is 0 Å². The first-order chi connectivity index (χ1) is 19.6. The average Bonchev–Trinajstić information content (AvgIpc) is 3.73. The fourth-order valence-corrected chi connectivity index (χ4v) is 4.86. The van der Waals surface area contributed by atoms with Crippen molar-refractivity contribution in [2.45, 2.75) is 37.3 Å². The van der Waals surface area contributed by atoms with Crippen LogP contribution in [0.1, 0.15) is 48.5 Å². The quantitative estimate of drug-likeness (QED) is 0.175. The van der Waals surface area contributed by atoms with E-state index in [4.69, 9.17) is 19.6 Å². The van der Waals surface area contributed by atoms with E-state index >= 15 is 0 Å². The average molecular weight is 605 g/mol. The van der Waals surface area contributed by atoms with Crippen LogP contribution in [0.15, 0.2) is 94.4 Å². The largest absolute Gasteiger partial charge is 0.494 e. The van der Waals surface area contributed by atoms with Crippen LogP contribution in [-0.2, 0) is 9.53 Å². The molecule has 0 spiro atoms. The molecule has 5 rings (SSSR count). The molecular formula is C32H34BrN3O4. The first-order valence-corrected chi connectivity index (χ1v) is 14.5. The molecule has 2 atom stereocenters. The number of rotatable bonds is 13. The molecule has 1 aliphatic heterocycles. The summed E-state index contributed by atoms with van der Waals surface area (Å²) in [6, 6.07) is 25.3. The molecule has 1 heterocycles. The molecule has 2 aliphatic rings. The summed E-state index contributed by atoms with van der Waals surface area (Å²) in [6.45, 7) is 1.25. The van der Waals surface area contributed by atoms with Crippen LogP contribution >= 0.6 is 15.9 Å². The first kappa shape index (κ1) is 28.1. The Bertz CT molecular complexity index is 1320. The van der Waals surface area contributed by atoms with E-state index in [2.05, 4.69) is 26.8 Å². The fraction of sp³-hybridized carbons (Fsp3) is 0.312. The number of aliphatic hydroxyl groups excluding tert-OH is 1. The molecule has 0 radical (unpaired) electrons. The molecule has 1 fully saturated rings. The highest BCUT2D eigenvalue weighted by molar-refractivity contribution is 9.10. The summed E-state index contributed by atoms with van der Waals surface area (Å²) in [5, 5.41) is 9.01. The van der Waals surface area contributed by atoms with Gasteiger partial charge < -0.3 is 14.6 Å². The Hall–Kier alpha value is -3.46. The minimum atomic E-state index is -1.23. The zero-order valence-corrected chi connectivity index (χ0v) is 23.8. The molecule has 3 aromatic carbocycles. The molecule has 3 aromatic rings. The number of hydrogen-bond donors (Lipinski definition) is 3. The molecule has 1 saturated carbocycles. The van der Waals surface area contributed by atoms with Gasteiger partial charge >= 0.3 is 0 Å². The molecule has 0 aromatic heterocycles. The van der Waals surface area contributed by atoms with Crippen molar-refractivity contribution in [3.05, 3.63) is 106 Å². The maximum atomic E-state index is 14.0. The van der Waals surface area contributed by atoms with Gasteiger partial charge in [0.1, 0.15) is 5.75 Å². The van der Waals surface area contributed by atoms with E-state index in [-0.39, 0.29) is 12.5 Å². The number of benzene rings is 3. The molecule has 0 saturated heterocycles. The number of carbonyl (C=O) groups is 1. The highest BCUT2D eigenvalue weighted by Gasteiger charge is 2.52. The number of hydrogen-bond acceptors (Lipinski definition) is 6. The number of aliphatic imine (C=N–C) groups is 1. The number of carbonyl (C=O) groups excluding carboxylic acids is 1. The van der Waals surface area contributed by atoms with Crippen molar-refractivity contribution >= 4 is 33.8 Å². The summed E-state index contributed by atoms with van der Waals surface area (Å²) in [7, 11) is 0. The van der Waals surface area contributed by atoms with Gasteiger partial charge in [-0.1, -0.05) is 70.5 Å². The Balaban J connectivity index is 1.48. The number of nitrogens with one attached hydrogen (secondary N) is 2. The SMILES string of the molecule is O=C(NNCC1CC1)[C@@]1(C/C=C/c2ccccc2)N=C(c2ccc(OCCCO)cc2)O[C@H]1c1ccc(Br)cc1. The van der Waals surface area contributed by atoms with Crippen LogP contribution in [0.5, 0.6) is 5.75 Å². The molecule has 0 bridgehead atoms. The van der Waals surface area contributed by atoms with Crippen molar-refractivity contribution in [3.8, 4) is 5.75 Å². The number of ether oxygens (including phenoxy) is 2. The molecule has 7 nitrogen and oxygen atoms in total. The van der Waals surface area contributed by atoms with Crippen LogP contribution < -0.4 is 15.6 Å². The molecule has 208 valence electrons. The third-order valence-electron chi connectivity index (χ3n) is 7.03. The van der Waals surface area contributed by atoms with Crippen LogP contribution in [-0.4, -0.2) is 42.2 Å². The van der Waals surface area contributed by atoms with E-state index in [1.807, 2.05) is 91.0 Å². The molecule has 1 aliphatic carbocycles. The Morgan fingerprint density at radius 1 is 1.07 bits per heavy atom. The smallest absolute Gasteiger partial charge is 0.266 e. The van der Waals surface area contributed by atoms with Gasteiger partial charge in [-0.15, -0.1) is 0 Å². The number of aliphatic hydroxyl groups is 1. The number of nitrogens with zero attached hydrogens (tertiary/aromatic N) is 1. The summed E-state index contributed by atoms with van der Waals surface area (Å²) < 4.78 is 13.2. The normalized spacial score (nSPS) is 20.2. The molecule has 8 heteroatoms. The van der Waals surface area contributed by atoms with Gasteiger partial charge in [-0.2, -0.15) is 0 Å². The van der Waals surface area contributed by atoms with Crippen molar-refractivity contribution in [1.29, 1.82) is 0 Å². The van der Waals surface area contributed by atoms with Crippen LogP contribution in [0.2, 0.25) is 0 Å². The summed E-state index contributed by atoms with van der Waals surface area (Å²) in [5.74, 6) is 1.46. The molecule has 0 unspecified atom stereocenters. The van der Waals surface area contributed by atoms with E-state index in [9.17, 15) is 4.79 Å². The fourth-order valence-electron chi connectivity index (χ4n) is 4.60. The standard InChI is InChI=1S/C32H34BrN3O4/c33-27-15-11-25(12-16-27)29-32(31(38)36-34-22-24-9-10-24,19-4-8-23-6-2-1-3-7-23)35-30(40-29)26-13-17-28(18-14-26)39-21-5-20-37/h1-4,6-8,11-18,24,29,34,37H,5,9-10,19-22H2,(H,36,38)/b8-4+/t29-,32-/m0/s1. The number of hydrazine groups is 1. The highest BCUT2D eigenvalue weighted by Crippen LogP contribution is 2.43. The van der Waals surface area contributed by atoms with Gasteiger partial charge in [-0.3, -0.25) is 10.2 Å². The maximum absolute atomic E-state index is 14.0. The minimum absolute atomic E-state index is 0.0819. The molecular weight excluding hydrogens is 570 g/mol. The second-order valence-corrected chi connectivity index (χ2v) is 11.1. The summed E-state index contributed by atoms with van der Waals surface area (Å²) >= 11 is 3.52. The molecule has 40 heavy (non-hydrogen) atoms. The molecule has 3 N–H and O–H groups in total. The lowest BCUT2D eigenvalue weighted by atomic mass is 9.84. The summed E-state index contributed by atoms with van der Waals surface area (Å²) in [6.07, 6.45) is 6.63. The van der Waals surface area contributed by atoms with E-state index in [1.165, 1.54) is 12.8 Å². The molecule has 1 amide bonds. The van der Waals surface area contributed by atoms with Crippen LogP contribution in [0.25, 0.3) is 6.08 Å². The van der Waals surface area contributed by atoms with E-state index in [1.54, 1.807) is 0 Å². The van der Waals surface area contributed by atoms with Gasteiger partial charge in [0.05, 0.1) is 6.61 Å². The van der Waals surface area contributed by atoms with Crippen molar-refractivity contribution in [2.75, 3.05) is 19.8 Å². The third-order valence-corrected chi connectivity index (χ3v) is 7.56. The lowest BCUT2D eigenvalue weighted by molar-refractivity contribution is -0.129.